The van der Waals surface area contributed by atoms with Crippen LogP contribution in [0.1, 0.15) is 109 Å². The Labute approximate surface area is 584 Å². The van der Waals surface area contributed by atoms with Gasteiger partial charge < -0.3 is 32.7 Å². The highest BCUT2D eigenvalue weighted by Gasteiger charge is 2.60. The molecule has 506 valence electrons. The normalized spacial score (nSPS) is 19.6. The number of aromatic amines is 2. The molecule has 15 nitrogen and oxygen atoms in total. The molecule has 3 fully saturated rings. The van der Waals surface area contributed by atoms with Gasteiger partial charge in [0.15, 0.2) is 0 Å². The van der Waals surface area contributed by atoms with Crippen LogP contribution in [0.2, 0.25) is 22.2 Å². The first kappa shape index (κ1) is 66.8. The molecule has 17 rings (SSSR count). The molecule has 4 N–H and O–H groups in total. The molecule has 2 unspecified atom stereocenters. The van der Waals surface area contributed by atoms with E-state index in [1.54, 1.807) is 0 Å². The lowest BCUT2D eigenvalue weighted by atomic mass is 9.93. The van der Waals surface area contributed by atoms with Crippen LogP contribution < -0.4 is 22.5 Å². The van der Waals surface area contributed by atoms with E-state index in [9.17, 15) is 29.4 Å². The Morgan fingerprint density at radius 1 is 0.465 bits per heavy atom. The number of hydrogen-bond donors (Lipinski definition) is 4. The third kappa shape index (κ3) is 12.0. The maximum Gasteiger partial charge on any atom is 0.335 e. The van der Waals surface area contributed by atoms with Crippen LogP contribution in [0.5, 0.6) is 0 Å². The summed E-state index contributed by atoms with van der Waals surface area (Å²) >= 11 is 0. The van der Waals surface area contributed by atoms with Crippen LogP contribution in [0.15, 0.2) is 195 Å². The van der Waals surface area contributed by atoms with Crippen molar-refractivity contribution >= 4 is 114 Å². The summed E-state index contributed by atoms with van der Waals surface area (Å²) in [5.41, 5.74) is 1.24. The average Bonchev–Trinajstić information content (AvgIpc) is 1.67. The van der Waals surface area contributed by atoms with Gasteiger partial charge in [-0.25, -0.2) is 9.59 Å². The third-order valence-electron chi connectivity index (χ3n) is 20.7. The van der Waals surface area contributed by atoms with Gasteiger partial charge in [0.05, 0.1) is 25.4 Å². The maximum absolute atomic E-state index is 13.3. The van der Waals surface area contributed by atoms with Crippen LogP contribution in [0.4, 0.5) is 0 Å². The monoisotopic (exact) mass is 1370 g/mol. The Balaban J connectivity index is 0.000000136. The molecule has 0 radical (unpaired) electrons. The van der Waals surface area contributed by atoms with Crippen molar-refractivity contribution in [1.82, 2.24) is 19.1 Å². The first-order chi connectivity index (χ1) is 48.7. The molecule has 0 aliphatic carbocycles. The van der Waals surface area contributed by atoms with Crippen molar-refractivity contribution in [1.29, 1.82) is 0 Å². The zero-order valence-electron chi connectivity index (χ0n) is 57.4. The molecule has 3 aliphatic rings. The number of ether oxygens (including phenoxy) is 2. The number of aromatic nitrogens is 4. The minimum absolute atomic E-state index is 0.107. The van der Waals surface area contributed by atoms with Crippen LogP contribution >= 0.6 is 0 Å². The van der Waals surface area contributed by atoms with Crippen molar-refractivity contribution in [3.63, 3.8) is 0 Å². The smallest absolute Gasteiger partial charge is 0.335 e. The predicted molar refractivity (Wildman–Crippen MR) is 407 cm³/mol. The highest BCUT2D eigenvalue weighted by molar-refractivity contribution is 6.84. The Bertz CT molecular complexity index is 5790. The van der Waals surface area contributed by atoms with Crippen molar-refractivity contribution in [2.45, 2.75) is 127 Å². The molecule has 3 aliphatic heterocycles. The molecule has 3 saturated heterocycles. The molecule has 5 heterocycles. The molecule has 2 aromatic heterocycles. The standard InChI is InChI=1S/C39H46N2O6Si2.C27H20N2O5.C18H10/c1-23(2)48(24(3)4)44-22-34-33(46-49(47-48,25(5)6)26(7)8)20-35(45-34)41-21-32(38(42)40-39(41)43)13-12-27-18-30-16-14-28-10-9-11-29-15-17-31(19-27)37(30)36(28)29;30-14-22-21(31)12-23(34-22)29-13-20(26(32)28-27(29)33)5-4-15-10-18-8-6-16-2-1-3-17-7-9-19(11-15)25(18)24(16)17;1-2-12-10-15-8-6-13-4-3-5-14-7-9-16(11-12)18(15)17(13)14/h9-11,14-19,21,23-26,33-35H,20,22H2,1-8H3,(H,40,42,43);1-3,6-11,13,21-23,30-31H,12,14H2,(H,28,32,33);1,3-11H/t33?,34-,35-;21?,22-,23-;/m11./s1. The zero-order valence-corrected chi connectivity index (χ0v) is 59.4. The van der Waals surface area contributed by atoms with Gasteiger partial charge >= 0.3 is 28.5 Å². The summed E-state index contributed by atoms with van der Waals surface area (Å²) in [5, 5.41) is 40.9. The van der Waals surface area contributed by atoms with E-state index in [1.807, 2.05) is 12.1 Å². The molecule has 101 heavy (non-hydrogen) atoms. The lowest BCUT2D eigenvalue weighted by molar-refractivity contribution is -0.0566. The van der Waals surface area contributed by atoms with E-state index < -0.39 is 64.3 Å². The van der Waals surface area contributed by atoms with E-state index in [-0.39, 0.29) is 58.5 Å². The Kier molecular flexibility index (Phi) is 17.5. The minimum Gasteiger partial charge on any atom is -0.414 e. The number of fused-ring (bicyclic) bond motifs is 1. The number of nitrogens with zero attached hydrogens (tertiary/aromatic N) is 2. The van der Waals surface area contributed by atoms with E-state index in [0.29, 0.717) is 13.0 Å². The fourth-order valence-electron chi connectivity index (χ4n) is 15.7. The van der Waals surface area contributed by atoms with Crippen LogP contribution in [0.25, 0.3) is 97.0 Å². The average molecular weight is 1370 g/mol. The number of rotatable bonds is 7. The van der Waals surface area contributed by atoms with Crippen molar-refractivity contribution in [3.05, 3.63) is 246 Å². The van der Waals surface area contributed by atoms with E-state index >= 15 is 0 Å². The van der Waals surface area contributed by atoms with Gasteiger partial charge in [0.1, 0.15) is 35.8 Å². The van der Waals surface area contributed by atoms with E-state index in [0.717, 1.165) is 38.2 Å². The van der Waals surface area contributed by atoms with Gasteiger partial charge in [0.25, 0.3) is 11.1 Å². The zero-order chi connectivity index (χ0) is 70.3. The van der Waals surface area contributed by atoms with Crippen LogP contribution in [-0.2, 0) is 22.4 Å². The number of terminal acetylenes is 1. The summed E-state index contributed by atoms with van der Waals surface area (Å²) in [7, 11) is -5.57. The summed E-state index contributed by atoms with van der Waals surface area (Å²) < 4.78 is 36.1. The number of nitrogens with one attached hydrogen (secondary N) is 2. The van der Waals surface area contributed by atoms with Gasteiger partial charge in [-0.3, -0.25) is 28.7 Å². The summed E-state index contributed by atoms with van der Waals surface area (Å²) in [6.07, 6.45) is 5.11. The number of aliphatic hydroxyl groups is 2. The van der Waals surface area contributed by atoms with Crippen LogP contribution in [-0.4, -0.2) is 84.1 Å². The Morgan fingerprint density at radius 2 is 0.812 bits per heavy atom. The number of H-pyrrole nitrogens is 2. The number of benzene rings is 12. The predicted octanol–water partition coefficient (Wildman–Crippen LogP) is 15.1. The molecule has 0 spiro atoms. The second kappa shape index (κ2) is 26.5. The van der Waals surface area contributed by atoms with Gasteiger partial charge in [-0.1, -0.05) is 212 Å². The summed E-state index contributed by atoms with van der Waals surface area (Å²) in [5.74, 6) is 14.9. The maximum atomic E-state index is 13.3. The lowest BCUT2D eigenvalue weighted by Gasteiger charge is -2.51. The van der Waals surface area contributed by atoms with Gasteiger partial charge in [0, 0.05) is 41.9 Å². The van der Waals surface area contributed by atoms with E-state index in [1.165, 1.54) is 96.9 Å². The van der Waals surface area contributed by atoms with Gasteiger partial charge in [-0.2, -0.15) is 0 Å². The Morgan fingerprint density at radius 3 is 1.16 bits per heavy atom. The van der Waals surface area contributed by atoms with Crippen LogP contribution in [0, 0.1) is 36.0 Å². The number of aliphatic hydroxyl groups excluding tert-OH is 2. The first-order valence-electron chi connectivity index (χ1n) is 34.6. The molecule has 0 saturated carbocycles. The van der Waals surface area contributed by atoms with Crippen molar-refractivity contribution in [3.8, 4) is 36.0 Å². The van der Waals surface area contributed by atoms with Crippen molar-refractivity contribution in [2.24, 2.45) is 0 Å². The van der Waals surface area contributed by atoms with Crippen LogP contribution in [0.3, 0.4) is 0 Å². The third-order valence-corrected chi connectivity index (χ3v) is 31.0. The van der Waals surface area contributed by atoms with E-state index in [2.05, 4.69) is 247 Å². The topological polar surface area (TPSA) is 196 Å². The molecule has 12 aromatic carbocycles. The van der Waals surface area contributed by atoms with Gasteiger partial charge in [0.2, 0.25) is 0 Å². The fraction of sp³-hybridized carbons (Fsp3) is 0.262. The highest BCUT2D eigenvalue weighted by Crippen LogP contribution is 2.49. The fourth-order valence-corrected chi connectivity index (χ4v) is 26.9. The molecule has 0 bridgehead atoms. The molecular weight excluding hydrogens is 1300 g/mol. The second-order valence-corrected chi connectivity index (χ2v) is 37.0. The SMILES string of the molecule is C#Cc1cc2ccc3cccc4ccc(c1)c2c34.CC(C)[Si]1(C(C)C)OC[C@H]2O[C@@H](n3cc(C#Cc4cc5ccc6cccc7ccc(c4)c5c67)c(=O)[nH]c3=O)CC2O[Si](C(C)C)(C(C)C)O1.O=c1[nH]c(=O)n([C@H]2CC(O)[C@@H](CO)O2)cc1C#Cc1cc2ccc3cccc4ccc(c1)c2c34. The lowest BCUT2D eigenvalue weighted by Crippen LogP contribution is -2.65. The Hall–Kier alpha value is -10.0. The minimum atomic E-state index is -2.84. The van der Waals surface area contributed by atoms with E-state index in [4.69, 9.17) is 28.9 Å². The highest BCUT2D eigenvalue weighted by atomic mass is 28.5. The molecule has 17 heteroatoms. The molecular formula is C84H76N4O11Si2. The number of hydrogen-bond acceptors (Lipinski definition) is 11. The van der Waals surface area contributed by atoms with Gasteiger partial charge in [-0.05, 0) is 156 Å². The van der Waals surface area contributed by atoms with Crippen molar-refractivity contribution in [2.75, 3.05) is 13.2 Å². The molecule has 6 atom stereocenters. The molecule has 14 aromatic rings. The van der Waals surface area contributed by atoms with Crippen molar-refractivity contribution < 1.29 is 32.7 Å². The summed E-state index contributed by atoms with van der Waals surface area (Å²) in [4.78, 5) is 55.7. The summed E-state index contributed by atoms with van der Waals surface area (Å²) in [6.45, 7) is 17.5. The summed E-state index contributed by atoms with van der Waals surface area (Å²) in [6, 6.07) is 56.8. The van der Waals surface area contributed by atoms with Gasteiger partial charge in [-0.15, -0.1) is 6.42 Å². The molecule has 0 amide bonds. The first-order valence-corrected chi connectivity index (χ1v) is 38.5. The quantitative estimate of drug-likeness (QED) is 0.0673. The second-order valence-electron chi connectivity index (χ2n) is 28.2. The largest absolute Gasteiger partial charge is 0.414 e.